The molecule has 134 valence electrons. The van der Waals surface area contributed by atoms with Crippen LogP contribution in [0.15, 0.2) is 29.4 Å². The minimum atomic E-state index is 0.132. The Kier molecular flexibility index (Phi) is 5.47. The lowest BCUT2D eigenvalue weighted by Gasteiger charge is -2.19. The number of ether oxygens (including phenoxy) is 1. The van der Waals surface area contributed by atoms with E-state index in [9.17, 15) is 0 Å². The summed E-state index contributed by atoms with van der Waals surface area (Å²) < 4.78 is 5.82. The van der Waals surface area contributed by atoms with Crippen molar-refractivity contribution >= 4 is 17.7 Å². The number of aromatic nitrogens is 3. The van der Waals surface area contributed by atoms with Crippen LogP contribution in [0.1, 0.15) is 57.8 Å². The summed E-state index contributed by atoms with van der Waals surface area (Å²) in [5.41, 5.74) is 7.25. The van der Waals surface area contributed by atoms with Crippen LogP contribution in [0.2, 0.25) is 0 Å². The third-order valence-electron chi connectivity index (χ3n) is 4.34. The first-order valence-electron chi connectivity index (χ1n) is 8.80. The highest BCUT2D eigenvalue weighted by Crippen LogP contribution is 2.33. The summed E-state index contributed by atoms with van der Waals surface area (Å²) in [4.78, 5) is 13.0. The third-order valence-corrected chi connectivity index (χ3v) is 5.54. The predicted molar refractivity (Wildman–Crippen MR) is 102 cm³/mol. The summed E-state index contributed by atoms with van der Waals surface area (Å²) in [5.74, 6) is 1.64. The van der Waals surface area contributed by atoms with Crippen molar-refractivity contribution in [3.05, 3.63) is 35.7 Å². The van der Waals surface area contributed by atoms with Gasteiger partial charge in [-0.2, -0.15) is 9.97 Å². The first kappa shape index (κ1) is 18.0. The van der Waals surface area contributed by atoms with Gasteiger partial charge in [0.2, 0.25) is 5.95 Å². The Bertz CT molecular complexity index is 706. The molecule has 25 heavy (non-hydrogen) atoms. The van der Waals surface area contributed by atoms with Gasteiger partial charge in [-0.25, -0.2) is 4.98 Å². The van der Waals surface area contributed by atoms with Crippen LogP contribution < -0.4 is 10.5 Å². The molecule has 0 bridgehead atoms. The van der Waals surface area contributed by atoms with E-state index in [2.05, 4.69) is 47.9 Å². The van der Waals surface area contributed by atoms with Crippen molar-refractivity contribution < 1.29 is 4.74 Å². The topological polar surface area (TPSA) is 73.9 Å². The van der Waals surface area contributed by atoms with Crippen molar-refractivity contribution in [3.8, 4) is 5.75 Å². The van der Waals surface area contributed by atoms with Gasteiger partial charge in [0.05, 0.1) is 0 Å². The van der Waals surface area contributed by atoms with Gasteiger partial charge in [-0.3, -0.25) is 0 Å². The third kappa shape index (κ3) is 5.08. The number of nitrogens with zero attached hydrogens (tertiary/aromatic N) is 3. The molecule has 6 heteroatoms. The number of hydrogen-bond acceptors (Lipinski definition) is 6. The number of thioether (sulfide) groups is 1. The lowest BCUT2D eigenvalue weighted by molar-refractivity contribution is 0.294. The van der Waals surface area contributed by atoms with E-state index in [0.717, 1.165) is 5.75 Å². The zero-order chi connectivity index (χ0) is 17.9. The lowest BCUT2D eigenvalue weighted by Crippen LogP contribution is -2.11. The Labute approximate surface area is 153 Å². The fourth-order valence-corrected chi connectivity index (χ4v) is 4.06. The minimum Gasteiger partial charge on any atom is -0.486 e. The number of nitrogen functional groups attached to an aromatic ring is 1. The molecule has 2 N–H and O–H groups in total. The molecule has 0 atom stereocenters. The van der Waals surface area contributed by atoms with E-state index in [-0.39, 0.29) is 11.4 Å². The molecule has 0 saturated heterocycles. The van der Waals surface area contributed by atoms with Gasteiger partial charge >= 0.3 is 0 Å². The number of hydrogen-bond donors (Lipinski definition) is 1. The maximum absolute atomic E-state index is 5.84. The largest absolute Gasteiger partial charge is 0.486 e. The highest BCUT2D eigenvalue weighted by atomic mass is 32.2. The standard InChI is InChI=1S/C19H26N4OS/c1-19(2,3)13-8-10-14(11-9-13)24-12-16-21-17(20)23-18(22-16)25-15-6-4-5-7-15/h8-11,15H,4-7,12H2,1-3H3,(H2,20,21,22,23). The van der Waals surface area contributed by atoms with Crippen LogP contribution in [0.5, 0.6) is 5.75 Å². The molecular formula is C19H26N4OS. The molecule has 0 unspecified atom stereocenters. The minimum absolute atomic E-state index is 0.132. The van der Waals surface area contributed by atoms with Crippen molar-refractivity contribution in [1.82, 2.24) is 15.0 Å². The molecule has 1 aromatic carbocycles. The van der Waals surface area contributed by atoms with Crippen LogP contribution in [-0.4, -0.2) is 20.2 Å². The van der Waals surface area contributed by atoms with Gasteiger partial charge < -0.3 is 10.5 Å². The van der Waals surface area contributed by atoms with Gasteiger partial charge in [0.15, 0.2) is 11.0 Å². The second-order valence-electron chi connectivity index (χ2n) is 7.48. The Balaban J connectivity index is 1.63. The number of anilines is 1. The van der Waals surface area contributed by atoms with Crippen LogP contribution >= 0.6 is 11.8 Å². The van der Waals surface area contributed by atoms with Crippen molar-refractivity contribution in [1.29, 1.82) is 0 Å². The predicted octanol–water partition coefficient (Wildman–Crippen LogP) is 4.37. The van der Waals surface area contributed by atoms with Crippen molar-refractivity contribution in [2.75, 3.05) is 5.73 Å². The molecule has 1 aliphatic rings. The maximum atomic E-state index is 5.84. The van der Waals surface area contributed by atoms with Crippen LogP contribution in [0.25, 0.3) is 0 Å². The Morgan fingerprint density at radius 2 is 1.76 bits per heavy atom. The van der Waals surface area contributed by atoms with Crippen LogP contribution in [0.3, 0.4) is 0 Å². The molecule has 0 spiro atoms. The summed E-state index contributed by atoms with van der Waals surface area (Å²) in [5, 5.41) is 1.31. The molecule has 1 aliphatic carbocycles. The summed E-state index contributed by atoms with van der Waals surface area (Å²) in [6.07, 6.45) is 5.03. The van der Waals surface area contributed by atoms with E-state index in [1.165, 1.54) is 31.2 Å². The van der Waals surface area contributed by atoms with Gasteiger partial charge in [-0.1, -0.05) is 57.5 Å². The van der Waals surface area contributed by atoms with Crippen LogP contribution in [0, 0.1) is 0 Å². The van der Waals surface area contributed by atoms with E-state index in [0.29, 0.717) is 22.8 Å². The van der Waals surface area contributed by atoms with E-state index in [4.69, 9.17) is 10.5 Å². The van der Waals surface area contributed by atoms with Gasteiger partial charge in [-0.05, 0) is 36.0 Å². The molecule has 0 radical (unpaired) electrons. The second kappa shape index (κ2) is 7.60. The van der Waals surface area contributed by atoms with E-state index < -0.39 is 0 Å². The van der Waals surface area contributed by atoms with Crippen LogP contribution in [0.4, 0.5) is 5.95 Å². The summed E-state index contributed by atoms with van der Waals surface area (Å²) in [7, 11) is 0. The molecule has 0 amide bonds. The van der Waals surface area contributed by atoms with E-state index in [1.54, 1.807) is 11.8 Å². The molecule has 2 aromatic rings. The summed E-state index contributed by atoms with van der Waals surface area (Å²) in [6.45, 7) is 6.87. The number of nitrogens with two attached hydrogens (primary N) is 1. The quantitative estimate of drug-likeness (QED) is 0.856. The first-order valence-corrected chi connectivity index (χ1v) is 9.68. The second-order valence-corrected chi connectivity index (χ2v) is 8.75. The normalized spacial score (nSPS) is 15.5. The average Bonchev–Trinajstić information content (AvgIpc) is 3.05. The van der Waals surface area contributed by atoms with Gasteiger partial charge in [0.1, 0.15) is 12.4 Å². The van der Waals surface area contributed by atoms with Gasteiger partial charge in [0.25, 0.3) is 0 Å². The van der Waals surface area contributed by atoms with Gasteiger partial charge in [-0.15, -0.1) is 0 Å². The highest BCUT2D eigenvalue weighted by Gasteiger charge is 2.18. The fourth-order valence-electron chi connectivity index (χ4n) is 2.89. The zero-order valence-electron chi connectivity index (χ0n) is 15.2. The number of rotatable bonds is 5. The summed E-state index contributed by atoms with van der Waals surface area (Å²) in [6, 6.07) is 8.16. The van der Waals surface area contributed by atoms with E-state index in [1.807, 2.05) is 12.1 Å². The Hall–Kier alpha value is -1.82. The van der Waals surface area contributed by atoms with Crippen molar-refractivity contribution in [2.45, 2.75) is 68.9 Å². The molecule has 1 aromatic heterocycles. The Morgan fingerprint density at radius 3 is 2.40 bits per heavy atom. The Morgan fingerprint density at radius 1 is 1.08 bits per heavy atom. The van der Waals surface area contributed by atoms with Crippen LogP contribution in [-0.2, 0) is 12.0 Å². The monoisotopic (exact) mass is 358 g/mol. The van der Waals surface area contributed by atoms with E-state index >= 15 is 0 Å². The molecule has 1 heterocycles. The van der Waals surface area contributed by atoms with Crippen molar-refractivity contribution in [2.24, 2.45) is 0 Å². The molecule has 5 nitrogen and oxygen atoms in total. The van der Waals surface area contributed by atoms with Crippen molar-refractivity contribution in [3.63, 3.8) is 0 Å². The zero-order valence-corrected chi connectivity index (χ0v) is 16.0. The first-order chi connectivity index (χ1) is 11.9. The molecular weight excluding hydrogens is 332 g/mol. The summed E-state index contributed by atoms with van der Waals surface area (Å²) >= 11 is 1.71. The molecule has 3 rings (SSSR count). The molecule has 1 saturated carbocycles. The smallest absolute Gasteiger partial charge is 0.224 e. The molecule has 0 aliphatic heterocycles. The lowest BCUT2D eigenvalue weighted by atomic mass is 9.87. The SMILES string of the molecule is CC(C)(C)c1ccc(OCc2nc(N)nc(SC3CCCC3)n2)cc1. The molecule has 1 fully saturated rings. The maximum Gasteiger partial charge on any atom is 0.224 e. The fraction of sp³-hybridized carbons (Fsp3) is 0.526. The van der Waals surface area contributed by atoms with Gasteiger partial charge in [0, 0.05) is 5.25 Å². The average molecular weight is 359 g/mol. The highest BCUT2D eigenvalue weighted by molar-refractivity contribution is 7.99. The number of benzene rings is 1.